The van der Waals surface area contributed by atoms with Gasteiger partial charge in [0.2, 0.25) is 0 Å². The lowest BCUT2D eigenvalue weighted by atomic mass is 10.1. The summed E-state index contributed by atoms with van der Waals surface area (Å²) < 4.78 is 1.78. The van der Waals surface area contributed by atoms with Crippen LogP contribution in [0.15, 0.2) is 24.7 Å². The van der Waals surface area contributed by atoms with Crippen LogP contribution in [0.4, 0.5) is 5.69 Å². The summed E-state index contributed by atoms with van der Waals surface area (Å²) in [5, 5.41) is 4.27. The highest BCUT2D eigenvalue weighted by atomic mass is 15.2. The number of anilines is 1. The predicted octanol–water partition coefficient (Wildman–Crippen LogP) is 1.37. The zero-order chi connectivity index (χ0) is 10.1. The Morgan fingerprint density at radius 2 is 2.14 bits per heavy atom. The first-order chi connectivity index (χ1) is 6.68. The van der Waals surface area contributed by atoms with E-state index in [2.05, 4.69) is 10.1 Å². The minimum absolute atomic E-state index is 0.684. The molecule has 0 amide bonds. The van der Waals surface area contributed by atoms with Gasteiger partial charge in [-0.15, -0.1) is 0 Å². The average molecular weight is 188 g/mol. The maximum absolute atomic E-state index is 5.83. The molecule has 0 saturated carbocycles. The molecule has 2 aromatic rings. The fourth-order valence-electron chi connectivity index (χ4n) is 1.52. The molecule has 14 heavy (non-hydrogen) atoms. The molecule has 0 aliphatic heterocycles. The number of hydrogen-bond acceptors (Lipinski definition) is 3. The van der Waals surface area contributed by atoms with E-state index < -0.39 is 0 Å². The number of rotatable bonds is 1. The molecule has 0 fully saturated rings. The van der Waals surface area contributed by atoms with Crippen LogP contribution < -0.4 is 5.73 Å². The van der Waals surface area contributed by atoms with Crippen molar-refractivity contribution in [3.05, 3.63) is 30.4 Å². The van der Waals surface area contributed by atoms with Crippen molar-refractivity contribution in [3.63, 3.8) is 0 Å². The van der Waals surface area contributed by atoms with Gasteiger partial charge in [0.05, 0.1) is 17.6 Å². The molecule has 2 aromatic heterocycles. The molecule has 2 N–H and O–H groups in total. The molecule has 0 aliphatic rings. The first kappa shape index (κ1) is 8.74. The lowest BCUT2D eigenvalue weighted by Gasteiger charge is -2.01. The molecule has 72 valence electrons. The van der Waals surface area contributed by atoms with Gasteiger partial charge in [-0.25, -0.2) is 0 Å². The van der Waals surface area contributed by atoms with Crippen LogP contribution in [0, 0.1) is 6.92 Å². The molecule has 0 spiro atoms. The summed E-state index contributed by atoms with van der Waals surface area (Å²) in [6.07, 6.45) is 5.35. The van der Waals surface area contributed by atoms with Gasteiger partial charge >= 0.3 is 0 Å². The highest BCUT2D eigenvalue weighted by Crippen LogP contribution is 2.26. The van der Waals surface area contributed by atoms with Crippen molar-refractivity contribution in [1.82, 2.24) is 14.8 Å². The van der Waals surface area contributed by atoms with Gasteiger partial charge in [0.15, 0.2) is 0 Å². The van der Waals surface area contributed by atoms with Crippen LogP contribution in [-0.4, -0.2) is 14.8 Å². The van der Waals surface area contributed by atoms with Gasteiger partial charge in [-0.05, 0) is 13.0 Å². The Kier molecular flexibility index (Phi) is 1.96. The van der Waals surface area contributed by atoms with Gasteiger partial charge in [-0.2, -0.15) is 5.10 Å². The third kappa shape index (κ3) is 1.35. The Morgan fingerprint density at radius 3 is 2.71 bits per heavy atom. The van der Waals surface area contributed by atoms with Crippen LogP contribution in [-0.2, 0) is 7.05 Å². The summed E-state index contributed by atoms with van der Waals surface area (Å²) in [4.78, 5) is 3.95. The van der Waals surface area contributed by atoms with Crippen LogP contribution in [0.5, 0.6) is 0 Å². The van der Waals surface area contributed by atoms with Crippen LogP contribution in [0.25, 0.3) is 11.1 Å². The van der Waals surface area contributed by atoms with Crippen LogP contribution in [0.2, 0.25) is 0 Å². The lowest BCUT2D eigenvalue weighted by molar-refractivity contribution is 0.756. The maximum Gasteiger partial charge on any atom is 0.0672 e. The van der Waals surface area contributed by atoms with Crippen molar-refractivity contribution < 1.29 is 0 Å². The molecule has 0 aromatic carbocycles. The van der Waals surface area contributed by atoms with Crippen LogP contribution in [0.1, 0.15) is 5.69 Å². The second-order valence-corrected chi connectivity index (χ2v) is 3.26. The summed E-state index contributed by atoms with van der Waals surface area (Å²) in [5.74, 6) is 0. The smallest absolute Gasteiger partial charge is 0.0672 e. The van der Waals surface area contributed by atoms with Crippen LogP contribution >= 0.6 is 0 Å². The first-order valence-electron chi connectivity index (χ1n) is 4.38. The van der Waals surface area contributed by atoms with E-state index in [0.29, 0.717) is 5.69 Å². The topological polar surface area (TPSA) is 56.7 Å². The third-order valence-corrected chi connectivity index (χ3v) is 2.16. The fourth-order valence-corrected chi connectivity index (χ4v) is 1.52. The van der Waals surface area contributed by atoms with E-state index in [1.807, 2.05) is 26.2 Å². The molecule has 2 heterocycles. The second-order valence-electron chi connectivity index (χ2n) is 3.26. The molecule has 0 unspecified atom stereocenters. The van der Waals surface area contributed by atoms with E-state index >= 15 is 0 Å². The van der Waals surface area contributed by atoms with Crippen molar-refractivity contribution in [3.8, 4) is 11.1 Å². The number of nitrogens with zero attached hydrogens (tertiary/aromatic N) is 3. The Morgan fingerprint density at radius 1 is 1.36 bits per heavy atom. The minimum Gasteiger partial charge on any atom is -0.397 e. The minimum atomic E-state index is 0.684. The average Bonchev–Trinajstić information content (AvgIpc) is 2.46. The highest BCUT2D eigenvalue weighted by Gasteiger charge is 2.08. The van der Waals surface area contributed by atoms with E-state index in [9.17, 15) is 0 Å². The molecule has 0 bridgehead atoms. The van der Waals surface area contributed by atoms with Gasteiger partial charge < -0.3 is 5.73 Å². The zero-order valence-electron chi connectivity index (χ0n) is 8.23. The van der Waals surface area contributed by atoms with Gasteiger partial charge in [-0.3, -0.25) is 9.67 Å². The molecule has 4 heteroatoms. The number of pyridine rings is 1. The number of hydrogen-bond donors (Lipinski definition) is 1. The normalized spacial score (nSPS) is 10.4. The molecule has 0 saturated heterocycles. The fraction of sp³-hybridized carbons (Fsp3) is 0.200. The van der Waals surface area contributed by atoms with E-state index in [0.717, 1.165) is 16.8 Å². The Balaban J connectivity index is 2.60. The van der Waals surface area contributed by atoms with Crippen molar-refractivity contribution >= 4 is 5.69 Å². The lowest BCUT2D eigenvalue weighted by Crippen LogP contribution is -1.90. The molecular weight excluding hydrogens is 176 g/mol. The molecule has 4 nitrogen and oxygen atoms in total. The first-order valence-corrected chi connectivity index (χ1v) is 4.38. The molecule has 2 rings (SSSR count). The van der Waals surface area contributed by atoms with Crippen molar-refractivity contribution in [2.45, 2.75) is 6.92 Å². The maximum atomic E-state index is 5.83. The summed E-state index contributed by atoms with van der Waals surface area (Å²) >= 11 is 0. The van der Waals surface area contributed by atoms with Crippen molar-refractivity contribution in [2.24, 2.45) is 7.05 Å². The summed E-state index contributed by atoms with van der Waals surface area (Å²) in [7, 11) is 1.90. The molecular formula is C10H12N4. The Hall–Kier alpha value is -1.84. The van der Waals surface area contributed by atoms with Gasteiger partial charge in [0, 0.05) is 30.6 Å². The highest BCUT2D eigenvalue weighted by molar-refractivity contribution is 5.76. The quantitative estimate of drug-likeness (QED) is 0.735. The SMILES string of the molecule is Cc1nn(C)cc1-c1ccncc1N. The summed E-state index contributed by atoms with van der Waals surface area (Å²) in [6, 6.07) is 1.90. The molecule has 0 atom stereocenters. The van der Waals surface area contributed by atoms with Gasteiger partial charge in [0.1, 0.15) is 0 Å². The van der Waals surface area contributed by atoms with Crippen molar-refractivity contribution in [1.29, 1.82) is 0 Å². The van der Waals surface area contributed by atoms with E-state index in [1.165, 1.54) is 0 Å². The number of aromatic nitrogens is 3. The van der Waals surface area contributed by atoms with Gasteiger partial charge in [0.25, 0.3) is 0 Å². The standard InChI is InChI=1S/C10H12N4/c1-7-9(6-14(2)13-7)8-3-4-12-5-10(8)11/h3-6H,11H2,1-2H3. The van der Waals surface area contributed by atoms with E-state index in [4.69, 9.17) is 5.73 Å². The largest absolute Gasteiger partial charge is 0.397 e. The number of nitrogen functional groups attached to an aromatic ring is 1. The van der Waals surface area contributed by atoms with Crippen molar-refractivity contribution in [2.75, 3.05) is 5.73 Å². The monoisotopic (exact) mass is 188 g/mol. The molecule has 0 aliphatic carbocycles. The second kappa shape index (κ2) is 3.14. The summed E-state index contributed by atoms with van der Waals surface area (Å²) in [5.41, 5.74) is 9.55. The third-order valence-electron chi connectivity index (χ3n) is 2.16. The van der Waals surface area contributed by atoms with Crippen LogP contribution in [0.3, 0.4) is 0 Å². The number of aryl methyl sites for hydroxylation is 2. The Labute approximate surface area is 82.4 Å². The predicted molar refractivity (Wildman–Crippen MR) is 55.6 cm³/mol. The van der Waals surface area contributed by atoms with E-state index in [1.54, 1.807) is 17.1 Å². The summed E-state index contributed by atoms with van der Waals surface area (Å²) in [6.45, 7) is 1.97. The zero-order valence-corrected chi connectivity index (χ0v) is 8.23. The number of nitrogens with two attached hydrogens (primary N) is 1. The van der Waals surface area contributed by atoms with E-state index in [-0.39, 0.29) is 0 Å². The van der Waals surface area contributed by atoms with Gasteiger partial charge in [-0.1, -0.05) is 0 Å². The Bertz CT molecular complexity index is 459. The molecule has 0 radical (unpaired) electrons.